The van der Waals surface area contributed by atoms with Crippen LogP contribution < -0.4 is 0 Å². The molecular formula is H3ErLiO2. The Morgan fingerprint density at radius 3 is 1.25 bits per heavy atom. The monoisotopic (exact) mass is 208 g/mol. The van der Waals surface area contributed by atoms with E-state index in [1.807, 2.05) is 0 Å². The maximum atomic E-state index is 8.17. The molecule has 0 saturated carbocycles. The van der Waals surface area contributed by atoms with Gasteiger partial charge in [-0.1, -0.05) is 0 Å². The van der Waals surface area contributed by atoms with Gasteiger partial charge < -0.3 is 5.48 Å². The van der Waals surface area contributed by atoms with Crippen molar-refractivity contribution in [3.63, 3.8) is 0 Å². The van der Waals surface area contributed by atoms with Crippen LogP contribution in [-0.2, 0) is 1.49 Å². The molecule has 0 bridgehead atoms. The summed E-state index contributed by atoms with van der Waals surface area (Å²) in [6.07, 6.45) is 0. The summed E-state index contributed by atoms with van der Waals surface area (Å²) < 4.78 is 8.17. The third-order valence-electron chi connectivity index (χ3n) is 0. The molecule has 0 fully saturated rings. The molecule has 28 valence electrons. The SMILES string of the molecule is O.[LiH].[O]=[Er]. The maximum absolute atomic E-state index is 8.17. The van der Waals surface area contributed by atoms with Gasteiger partial charge in [-0.25, -0.2) is 0 Å². The van der Waals surface area contributed by atoms with Crippen molar-refractivity contribution in [3.05, 3.63) is 0 Å². The third-order valence-corrected chi connectivity index (χ3v) is 0. The van der Waals surface area contributed by atoms with Crippen LogP contribution in [-0.4, -0.2) is 24.3 Å². The predicted molar refractivity (Wildman–Crippen MR) is 11.4 cm³/mol. The molecule has 0 rings (SSSR count). The molecule has 2 N–H and O–H groups in total. The fourth-order valence-electron chi connectivity index (χ4n) is 0. The molecule has 0 aliphatic rings. The third kappa shape index (κ3) is 9.50. The van der Waals surface area contributed by atoms with Crippen LogP contribution in [0.2, 0.25) is 0 Å². The van der Waals surface area contributed by atoms with E-state index in [1.54, 1.807) is 0 Å². The Morgan fingerprint density at radius 1 is 1.25 bits per heavy atom. The molecule has 0 aromatic heterocycles. The number of rotatable bonds is 0. The molecule has 0 aliphatic heterocycles. The van der Waals surface area contributed by atoms with E-state index in [0.717, 1.165) is 0 Å². The van der Waals surface area contributed by atoms with Crippen LogP contribution in [0.15, 0.2) is 0 Å². The summed E-state index contributed by atoms with van der Waals surface area (Å²) >= 11 is 1.17. The summed E-state index contributed by atoms with van der Waals surface area (Å²) in [6, 6.07) is 0. The Hall–Kier alpha value is 1.60. The average Bonchev–Trinajstić information content (AvgIpc) is 1.00. The molecule has 0 unspecified atom stereocenters. The summed E-state index contributed by atoms with van der Waals surface area (Å²) in [6.45, 7) is 0. The van der Waals surface area contributed by atoms with Gasteiger partial charge >= 0.3 is 55.8 Å². The Kier molecular flexibility index (Phi) is 102. The van der Waals surface area contributed by atoms with Crippen molar-refractivity contribution in [2.24, 2.45) is 0 Å². The van der Waals surface area contributed by atoms with Crippen LogP contribution in [0.5, 0.6) is 0 Å². The Bertz CT molecular complexity index is 6.00. The van der Waals surface area contributed by atoms with Crippen LogP contribution in [0, 0.1) is 35.5 Å². The van der Waals surface area contributed by atoms with Gasteiger partial charge in [0, 0.05) is 0 Å². The van der Waals surface area contributed by atoms with Gasteiger partial charge in [-0.2, -0.15) is 0 Å². The van der Waals surface area contributed by atoms with Crippen molar-refractivity contribution in [1.29, 1.82) is 0 Å². The van der Waals surface area contributed by atoms with Gasteiger partial charge in [-0.05, 0) is 0 Å². The van der Waals surface area contributed by atoms with Crippen molar-refractivity contribution < 1.29 is 42.4 Å². The van der Waals surface area contributed by atoms with E-state index >= 15 is 0 Å². The molecule has 0 aliphatic carbocycles. The first kappa shape index (κ1) is 17.5. The van der Waals surface area contributed by atoms with Crippen LogP contribution >= 0.6 is 0 Å². The summed E-state index contributed by atoms with van der Waals surface area (Å²) in [5, 5.41) is 0. The summed E-state index contributed by atoms with van der Waals surface area (Å²) in [4.78, 5) is 0. The molecule has 0 aromatic carbocycles. The molecule has 0 spiro atoms. The van der Waals surface area contributed by atoms with Gasteiger partial charge in [0.15, 0.2) is 0 Å². The van der Waals surface area contributed by atoms with Gasteiger partial charge in [0.05, 0.1) is 0 Å². The van der Waals surface area contributed by atoms with Crippen molar-refractivity contribution in [1.82, 2.24) is 0 Å². The Morgan fingerprint density at radius 2 is 1.25 bits per heavy atom. The second-order valence-corrected chi connectivity index (χ2v) is 0. The molecule has 0 atom stereocenters. The molecule has 0 aromatic rings. The quantitative estimate of drug-likeness (QED) is 0.444. The van der Waals surface area contributed by atoms with Gasteiger partial charge in [0.2, 0.25) is 0 Å². The molecule has 2 nitrogen and oxygen atoms in total. The predicted octanol–water partition coefficient (Wildman–Crippen LogP) is -1.59. The van der Waals surface area contributed by atoms with E-state index in [1.165, 1.54) is 35.5 Å². The zero-order valence-electron chi connectivity index (χ0n) is 1.20. The first-order valence-corrected chi connectivity index (χ1v) is 0.874. The van der Waals surface area contributed by atoms with Gasteiger partial charge in [-0.3, -0.25) is 0 Å². The van der Waals surface area contributed by atoms with E-state index in [9.17, 15) is 0 Å². The Balaban J connectivity index is -0.00000000500. The van der Waals surface area contributed by atoms with Crippen molar-refractivity contribution in [2.45, 2.75) is 0 Å². The minimum atomic E-state index is 0. The molecule has 4 heteroatoms. The number of hydrogen-bond acceptors (Lipinski definition) is 1. The summed E-state index contributed by atoms with van der Waals surface area (Å²) in [5.74, 6) is 0. The van der Waals surface area contributed by atoms with Gasteiger partial charge in [0.1, 0.15) is 0 Å². The van der Waals surface area contributed by atoms with Crippen LogP contribution in [0.4, 0.5) is 0 Å². The molecule has 0 radical (unpaired) electrons. The fraction of sp³-hybridized carbons (Fsp3) is 0. The summed E-state index contributed by atoms with van der Waals surface area (Å²) in [5.41, 5.74) is 0. The van der Waals surface area contributed by atoms with E-state index < -0.39 is 0 Å². The number of hydrogen-bond donors (Lipinski definition) is 0. The zero-order valence-corrected chi connectivity index (χ0v) is 3.05. The minimum absolute atomic E-state index is 0. The van der Waals surface area contributed by atoms with Crippen LogP contribution in [0.3, 0.4) is 0 Å². The topological polar surface area (TPSA) is 48.6 Å². The fourth-order valence-corrected chi connectivity index (χ4v) is 0. The van der Waals surface area contributed by atoms with Crippen LogP contribution in [0.1, 0.15) is 0 Å². The molecule has 4 heavy (non-hydrogen) atoms. The van der Waals surface area contributed by atoms with E-state index in [2.05, 4.69) is 0 Å². The second-order valence-electron chi connectivity index (χ2n) is 0. The van der Waals surface area contributed by atoms with E-state index in [0.29, 0.717) is 0 Å². The molecule has 0 saturated heterocycles. The normalized spacial score (nSPS) is 1.50. The van der Waals surface area contributed by atoms with E-state index in [4.69, 9.17) is 1.49 Å². The van der Waals surface area contributed by atoms with Gasteiger partial charge in [-0.15, -0.1) is 0 Å². The summed E-state index contributed by atoms with van der Waals surface area (Å²) in [7, 11) is 0. The zero-order chi connectivity index (χ0) is 2.00. The molecule has 0 heterocycles. The Labute approximate surface area is 60.5 Å². The first-order valence-electron chi connectivity index (χ1n) is 0.118. The van der Waals surface area contributed by atoms with Crippen LogP contribution in [0.25, 0.3) is 0 Å². The van der Waals surface area contributed by atoms with E-state index in [-0.39, 0.29) is 24.3 Å². The van der Waals surface area contributed by atoms with Gasteiger partial charge in [0.25, 0.3) is 0 Å². The molecule has 0 amide bonds. The average molecular weight is 209 g/mol. The van der Waals surface area contributed by atoms with Crippen molar-refractivity contribution in [2.75, 3.05) is 0 Å². The van der Waals surface area contributed by atoms with Crippen molar-refractivity contribution in [3.8, 4) is 0 Å². The standard InChI is InChI=1S/Er.Li.H2O.O.H/h;;1H2;;. The second kappa shape index (κ2) is 23.2. The van der Waals surface area contributed by atoms with Crippen molar-refractivity contribution >= 4 is 18.9 Å². The first-order chi connectivity index (χ1) is 1.00. The molecular weight excluding hydrogens is 206 g/mol.